The number of hydrogen-bond donors (Lipinski definition) is 1. The summed E-state index contributed by atoms with van der Waals surface area (Å²) in [6, 6.07) is 6.87. The number of nitrogens with zero attached hydrogens (tertiary/aromatic N) is 2. The van der Waals surface area contributed by atoms with Crippen LogP contribution in [0, 0.1) is 5.92 Å². The maximum atomic E-state index is 12.8. The van der Waals surface area contributed by atoms with Gasteiger partial charge in [0.15, 0.2) is 6.10 Å². The lowest BCUT2D eigenvalue weighted by Gasteiger charge is -2.36. The Balaban J connectivity index is 1.70. The fraction of sp³-hybridized carbons (Fsp3) is 0.471. The van der Waals surface area contributed by atoms with E-state index in [1.165, 1.54) is 4.90 Å². The molecule has 1 N–H and O–H groups in total. The summed E-state index contributed by atoms with van der Waals surface area (Å²) in [6.45, 7) is 2.34. The van der Waals surface area contributed by atoms with Crippen LogP contribution in [0.1, 0.15) is 13.3 Å². The summed E-state index contributed by atoms with van der Waals surface area (Å²) in [4.78, 5) is 39.3. The molecule has 134 valence electrons. The Morgan fingerprint density at radius 2 is 1.88 bits per heavy atom. The minimum Gasteiger partial charge on any atom is -0.479 e. The molecule has 2 aliphatic heterocycles. The minimum atomic E-state index is -1.09. The van der Waals surface area contributed by atoms with Gasteiger partial charge in [0.05, 0.1) is 18.6 Å². The van der Waals surface area contributed by atoms with Crippen LogP contribution in [0.5, 0.6) is 0 Å². The highest BCUT2D eigenvalue weighted by atomic mass is 35.5. The summed E-state index contributed by atoms with van der Waals surface area (Å²) >= 11 is 5.86. The molecule has 0 aliphatic carbocycles. The number of halogens is 1. The van der Waals surface area contributed by atoms with E-state index in [2.05, 4.69) is 0 Å². The average Bonchev–Trinajstić information content (AvgIpc) is 2.96. The predicted molar refractivity (Wildman–Crippen MR) is 90.5 cm³/mol. The van der Waals surface area contributed by atoms with Gasteiger partial charge in [-0.1, -0.05) is 11.6 Å². The molecule has 3 rings (SSSR count). The summed E-state index contributed by atoms with van der Waals surface area (Å²) in [7, 11) is 0. The van der Waals surface area contributed by atoms with Crippen molar-refractivity contribution in [1.29, 1.82) is 0 Å². The highest BCUT2D eigenvalue weighted by Gasteiger charge is 2.40. The Bertz CT molecular complexity index is 693. The molecule has 2 saturated heterocycles. The van der Waals surface area contributed by atoms with Crippen LogP contribution in [0.4, 0.5) is 5.69 Å². The molecule has 0 aromatic heterocycles. The zero-order chi connectivity index (χ0) is 18.1. The molecule has 2 unspecified atom stereocenters. The predicted octanol–water partition coefficient (Wildman–Crippen LogP) is 1.39. The van der Waals surface area contributed by atoms with Crippen molar-refractivity contribution in [2.45, 2.75) is 25.6 Å². The molecule has 0 spiro atoms. The number of carboxylic acids is 1. The van der Waals surface area contributed by atoms with Crippen molar-refractivity contribution >= 4 is 35.1 Å². The number of carboxylic acid groups (broad SMARTS) is 1. The minimum absolute atomic E-state index is 0.00411. The van der Waals surface area contributed by atoms with Crippen LogP contribution in [0.15, 0.2) is 24.3 Å². The standard InChI is InChI=1S/C17H19ClN2O5/c1-10-7-19(9-14(25-10)17(23)24)16(22)11-6-15(21)20(8-11)13-4-2-12(18)3-5-13/h2-5,10-11,14H,6-9H2,1H3,(H,23,24)/t10-,11?,14?/m1/s1. The first-order valence-corrected chi connectivity index (χ1v) is 8.46. The lowest BCUT2D eigenvalue weighted by Crippen LogP contribution is -2.53. The zero-order valence-electron chi connectivity index (χ0n) is 13.7. The van der Waals surface area contributed by atoms with Crippen LogP contribution in [-0.2, 0) is 19.1 Å². The largest absolute Gasteiger partial charge is 0.479 e. The third kappa shape index (κ3) is 3.77. The Kier molecular flexibility index (Phi) is 4.96. The van der Waals surface area contributed by atoms with Gasteiger partial charge in [-0.15, -0.1) is 0 Å². The van der Waals surface area contributed by atoms with Gasteiger partial charge < -0.3 is 19.6 Å². The molecule has 2 heterocycles. The van der Waals surface area contributed by atoms with E-state index < -0.39 is 18.0 Å². The molecule has 2 amide bonds. The van der Waals surface area contributed by atoms with Gasteiger partial charge in [-0.2, -0.15) is 0 Å². The average molecular weight is 367 g/mol. The molecule has 0 radical (unpaired) electrons. The highest BCUT2D eigenvalue weighted by molar-refractivity contribution is 6.30. The summed E-state index contributed by atoms with van der Waals surface area (Å²) in [5.41, 5.74) is 0.698. The number of benzene rings is 1. The van der Waals surface area contributed by atoms with Crippen LogP contribution < -0.4 is 4.90 Å². The van der Waals surface area contributed by atoms with Gasteiger partial charge in [0.1, 0.15) is 0 Å². The summed E-state index contributed by atoms with van der Waals surface area (Å²) in [5.74, 6) is -1.90. The summed E-state index contributed by atoms with van der Waals surface area (Å²) in [5, 5.41) is 9.71. The second kappa shape index (κ2) is 7.01. The third-order valence-electron chi connectivity index (χ3n) is 4.46. The Morgan fingerprint density at radius 1 is 1.20 bits per heavy atom. The van der Waals surface area contributed by atoms with Crippen molar-refractivity contribution in [2.75, 3.05) is 24.5 Å². The molecule has 25 heavy (non-hydrogen) atoms. The van der Waals surface area contributed by atoms with E-state index in [0.717, 1.165) is 0 Å². The molecule has 0 saturated carbocycles. The molecular formula is C17H19ClN2O5. The number of amides is 2. The van der Waals surface area contributed by atoms with Crippen LogP contribution in [0.2, 0.25) is 5.02 Å². The number of carbonyl (C=O) groups is 3. The van der Waals surface area contributed by atoms with Gasteiger partial charge in [-0.3, -0.25) is 9.59 Å². The number of hydrogen-bond acceptors (Lipinski definition) is 4. The second-order valence-corrected chi connectivity index (χ2v) is 6.84. The molecule has 2 fully saturated rings. The van der Waals surface area contributed by atoms with Gasteiger partial charge in [0, 0.05) is 30.2 Å². The van der Waals surface area contributed by atoms with Crippen LogP contribution in [0.25, 0.3) is 0 Å². The number of morpholine rings is 1. The molecule has 7 nitrogen and oxygen atoms in total. The van der Waals surface area contributed by atoms with Crippen molar-refractivity contribution in [1.82, 2.24) is 4.90 Å². The van der Waals surface area contributed by atoms with Crippen LogP contribution >= 0.6 is 11.6 Å². The Labute approximate surface area is 150 Å². The second-order valence-electron chi connectivity index (χ2n) is 6.40. The first-order valence-electron chi connectivity index (χ1n) is 8.08. The first kappa shape index (κ1) is 17.7. The molecule has 3 atom stereocenters. The van der Waals surface area contributed by atoms with Crippen molar-refractivity contribution < 1.29 is 24.2 Å². The fourth-order valence-corrected chi connectivity index (χ4v) is 3.40. The highest BCUT2D eigenvalue weighted by Crippen LogP contribution is 2.28. The van der Waals surface area contributed by atoms with E-state index in [0.29, 0.717) is 17.3 Å². The van der Waals surface area contributed by atoms with Gasteiger partial charge in [0.2, 0.25) is 11.8 Å². The van der Waals surface area contributed by atoms with E-state index in [1.54, 1.807) is 36.1 Å². The fourth-order valence-electron chi connectivity index (χ4n) is 3.27. The van der Waals surface area contributed by atoms with E-state index in [1.807, 2.05) is 0 Å². The topological polar surface area (TPSA) is 87.2 Å². The van der Waals surface area contributed by atoms with Gasteiger partial charge in [0.25, 0.3) is 0 Å². The lowest BCUT2D eigenvalue weighted by molar-refractivity contribution is -0.167. The number of anilines is 1. The normalized spacial score (nSPS) is 26.8. The molecule has 1 aromatic rings. The van der Waals surface area contributed by atoms with Crippen LogP contribution in [-0.4, -0.2) is 59.6 Å². The monoisotopic (exact) mass is 366 g/mol. The molecule has 1 aromatic carbocycles. The van der Waals surface area contributed by atoms with Crippen molar-refractivity contribution in [2.24, 2.45) is 5.92 Å². The van der Waals surface area contributed by atoms with Crippen LogP contribution in [0.3, 0.4) is 0 Å². The summed E-state index contributed by atoms with van der Waals surface area (Å²) in [6.07, 6.45) is -1.27. The maximum absolute atomic E-state index is 12.8. The zero-order valence-corrected chi connectivity index (χ0v) is 14.5. The number of aliphatic carboxylic acids is 1. The molecule has 0 bridgehead atoms. The van der Waals surface area contributed by atoms with Gasteiger partial charge in [-0.25, -0.2) is 4.79 Å². The van der Waals surface area contributed by atoms with Crippen molar-refractivity contribution in [3.8, 4) is 0 Å². The first-order chi connectivity index (χ1) is 11.8. The SMILES string of the molecule is C[C@@H]1CN(C(=O)C2CC(=O)N(c3ccc(Cl)cc3)C2)CC(C(=O)O)O1. The molecule has 8 heteroatoms. The van der Waals surface area contributed by atoms with E-state index in [-0.39, 0.29) is 37.4 Å². The lowest BCUT2D eigenvalue weighted by atomic mass is 10.1. The number of ether oxygens (including phenoxy) is 1. The van der Waals surface area contributed by atoms with E-state index in [4.69, 9.17) is 21.4 Å². The third-order valence-corrected chi connectivity index (χ3v) is 4.71. The maximum Gasteiger partial charge on any atom is 0.334 e. The molecule has 2 aliphatic rings. The van der Waals surface area contributed by atoms with E-state index >= 15 is 0 Å². The van der Waals surface area contributed by atoms with Crippen molar-refractivity contribution in [3.63, 3.8) is 0 Å². The Hall–Kier alpha value is -2.12. The molecular weight excluding hydrogens is 348 g/mol. The van der Waals surface area contributed by atoms with Gasteiger partial charge in [-0.05, 0) is 31.2 Å². The quantitative estimate of drug-likeness (QED) is 0.873. The Morgan fingerprint density at radius 3 is 2.52 bits per heavy atom. The van der Waals surface area contributed by atoms with Crippen molar-refractivity contribution in [3.05, 3.63) is 29.3 Å². The number of rotatable bonds is 3. The number of carbonyl (C=O) groups excluding carboxylic acids is 2. The van der Waals surface area contributed by atoms with Gasteiger partial charge >= 0.3 is 5.97 Å². The summed E-state index contributed by atoms with van der Waals surface area (Å²) < 4.78 is 5.33. The van der Waals surface area contributed by atoms with E-state index in [9.17, 15) is 14.4 Å². The smallest absolute Gasteiger partial charge is 0.334 e.